The number of rotatable bonds is 0. The van der Waals surface area contributed by atoms with Crippen molar-refractivity contribution in [3.63, 3.8) is 0 Å². The average Bonchev–Trinajstić information content (AvgIpc) is 0. The SMILES string of the molecule is [AlH3].[Cu].[GaH3].[Tb]. The molecule has 0 N–H and O–H groups in total. The van der Waals surface area contributed by atoms with Crippen LogP contribution in [-0.4, -0.2) is 37.2 Å². The van der Waals surface area contributed by atoms with E-state index in [1.54, 1.807) is 0 Å². The van der Waals surface area contributed by atoms with Crippen molar-refractivity contribution in [2.75, 3.05) is 0 Å². The van der Waals surface area contributed by atoms with Crippen molar-refractivity contribution in [3.05, 3.63) is 0 Å². The van der Waals surface area contributed by atoms with Crippen LogP contribution in [0, 0.1) is 38.6 Å². The summed E-state index contributed by atoms with van der Waals surface area (Å²) in [5, 5.41) is 0. The molecule has 0 unspecified atom stereocenters. The Hall–Kier alpha value is 2.97. The average molecular weight is 325 g/mol. The molecule has 2 radical (unpaired) electrons. The molecule has 0 saturated carbocycles. The first kappa shape index (κ1) is 28.1. The van der Waals surface area contributed by atoms with E-state index in [0.717, 1.165) is 0 Å². The summed E-state index contributed by atoms with van der Waals surface area (Å²) in [5.41, 5.74) is 0. The fraction of sp³-hybridized carbons (Fsp3) is 0. The summed E-state index contributed by atoms with van der Waals surface area (Å²) < 4.78 is 0. The first-order valence-corrected chi connectivity index (χ1v) is 0. The van der Waals surface area contributed by atoms with E-state index < -0.39 is 0 Å². The molecule has 0 amide bonds. The molecule has 0 heterocycles. The van der Waals surface area contributed by atoms with Gasteiger partial charge in [-0.2, -0.15) is 0 Å². The van der Waals surface area contributed by atoms with E-state index >= 15 is 0 Å². The molecule has 0 saturated heterocycles. The van der Waals surface area contributed by atoms with Crippen molar-refractivity contribution < 1.29 is 55.7 Å². The van der Waals surface area contributed by atoms with Gasteiger partial charge in [-0.15, -0.1) is 0 Å². The zero-order valence-electron chi connectivity index (χ0n) is 0.635. The molecule has 0 spiro atoms. The summed E-state index contributed by atoms with van der Waals surface area (Å²) in [6.45, 7) is 0. The van der Waals surface area contributed by atoms with Gasteiger partial charge >= 0.3 is 19.8 Å². The predicted molar refractivity (Wildman–Crippen MR) is 19.9 cm³/mol. The van der Waals surface area contributed by atoms with E-state index in [1.165, 1.54) is 0 Å². The van der Waals surface area contributed by atoms with Crippen molar-refractivity contribution in [1.82, 2.24) is 0 Å². The minimum absolute atomic E-state index is 0. The molecule has 0 atom stereocenters. The second kappa shape index (κ2) is 16.7. The topological polar surface area (TPSA) is 0 Å². The molecular formula is H6AlCuGaTb. The van der Waals surface area contributed by atoms with Crippen molar-refractivity contribution >= 4 is 37.2 Å². The van der Waals surface area contributed by atoms with Gasteiger partial charge in [-0.3, -0.25) is 0 Å². The van der Waals surface area contributed by atoms with E-state index in [4.69, 9.17) is 0 Å². The Morgan fingerprint density at radius 2 is 1.00 bits per heavy atom. The van der Waals surface area contributed by atoms with Gasteiger partial charge in [0.25, 0.3) is 0 Å². The molecule has 0 aromatic rings. The summed E-state index contributed by atoms with van der Waals surface area (Å²) in [4.78, 5) is 0. The van der Waals surface area contributed by atoms with Gasteiger partial charge in [0.15, 0.2) is 17.4 Å². The zero-order chi connectivity index (χ0) is 0. The standard InChI is InChI=1S/Al.Cu.Ga.Tb.6H. The Morgan fingerprint density at radius 1 is 1.00 bits per heavy atom. The monoisotopic (exact) mass is 324 g/mol. The third-order valence-electron chi connectivity index (χ3n) is 0. The van der Waals surface area contributed by atoms with Crippen LogP contribution in [0.15, 0.2) is 0 Å². The van der Waals surface area contributed by atoms with Crippen molar-refractivity contribution in [2.45, 2.75) is 0 Å². The van der Waals surface area contributed by atoms with Crippen LogP contribution in [0.2, 0.25) is 0 Å². The van der Waals surface area contributed by atoms with Crippen LogP contribution in [0.3, 0.4) is 0 Å². The van der Waals surface area contributed by atoms with E-state index in [1.807, 2.05) is 0 Å². The Labute approximate surface area is 91.0 Å². The van der Waals surface area contributed by atoms with E-state index in [2.05, 4.69) is 0 Å². The van der Waals surface area contributed by atoms with E-state index in [-0.39, 0.29) is 92.8 Å². The van der Waals surface area contributed by atoms with Crippen LogP contribution < -0.4 is 0 Å². The largest absolute Gasteiger partial charge is 0 e. The van der Waals surface area contributed by atoms with Gasteiger partial charge < -0.3 is 0 Å². The van der Waals surface area contributed by atoms with Gasteiger partial charge in [-0.25, -0.2) is 0 Å². The smallest absolute Gasteiger partial charge is 0 e. The maximum atomic E-state index is 0. The van der Waals surface area contributed by atoms with Gasteiger partial charge in [-0.05, 0) is 0 Å². The molecule has 0 aliphatic rings. The second-order valence-corrected chi connectivity index (χ2v) is 0. The molecular weight excluding hydrogens is 319 g/mol. The Morgan fingerprint density at radius 3 is 1.00 bits per heavy atom. The molecule has 32 valence electrons. The van der Waals surface area contributed by atoms with Crippen molar-refractivity contribution in [1.29, 1.82) is 0 Å². The third-order valence-corrected chi connectivity index (χ3v) is 0. The van der Waals surface area contributed by atoms with Gasteiger partial charge in [0.05, 0.1) is 0 Å². The van der Waals surface area contributed by atoms with Gasteiger partial charge in [0, 0.05) is 55.7 Å². The molecule has 0 fully saturated rings. The maximum absolute atomic E-state index is 0. The normalized spacial score (nSPS) is 0. The molecule has 0 bridgehead atoms. The predicted octanol–water partition coefficient (Wildman–Crippen LogP) is -2.37. The van der Waals surface area contributed by atoms with Crippen LogP contribution >= 0.6 is 0 Å². The maximum Gasteiger partial charge on any atom is 0 e. The molecule has 0 aliphatic carbocycles. The molecule has 0 aromatic heterocycles. The van der Waals surface area contributed by atoms with Crippen LogP contribution in [-0.2, 0) is 17.1 Å². The molecule has 4 heavy (non-hydrogen) atoms. The first-order chi connectivity index (χ1) is 0. The summed E-state index contributed by atoms with van der Waals surface area (Å²) in [6.07, 6.45) is 0. The Bertz CT molecular complexity index is 8.00. The molecule has 0 rings (SSSR count). The summed E-state index contributed by atoms with van der Waals surface area (Å²) in [6, 6.07) is 0. The summed E-state index contributed by atoms with van der Waals surface area (Å²) >= 11 is 0. The van der Waals surface area contributed by atoms with Gasteiger partial charge in [-0.1, -0.05) is 0 Å². The summed E-state index contributed by atoms with van der Waals surface area (Å²) in [5.74, 6) is 0. The fourth-order valence-electron chi connectivity index (χ4n) is 0. The zero-order valence-corrected chi connectivity index (χ0v) is 3.72. The first-order valence-electron chi connectivity index (χ1n) is 0. The number of hydrogen-bond acceptors (Lipinski definition) is 0. The Kier molecular flexibility index (Phi) is 118. The number of hydrogen-bond donors (Lipinski definition) is 0. The Balaban J connectivity index is 0. The minimum atomic E-state index is 0. The summed E-state index contributed by atoms with van der Waals surface area (Å²) in [7, 11) is 0. The van der Waals surface area contributed by atoms with Gasteiger partial charge in [0.1, 0.15) is 0 Å². The van der Waals surface area contributed by atoms with E-state index in [9.17, 15) is 0 Å². The molecule has 0 aromatic carbocycles. The molecule has 4 heteroatoms. The molecule has 0 nitrogen and oxygen atoms in total. The van der Waals surface area contributed by atoms with Crippen LogP contribution in [0.4, 0.5) is 0 Å². The second-order valence-electron chi connectivity index (χ2n) is 0. The fourth-order valence-corrected chi connectivity index (χ4v) is 0. The molecule has 0 aliphatic heterocycles. The van der Waals surface area contributed by atoms with Crippen LogP contribution in [0.1, 0.15) is 0 Å². The third kappa shape index (κ3) is 8.88. The minimum Gasteiger partial charge on any atom is 0 e. The quantitative estimate of drug-likeness (QED) is 0.437. The van der Waals surface area contributed by atoms with Crippen molar-refractivity contribution in [3.8, 4) is 0 Å². The van der Waals surface area contributed by atoms with Crippen LogP contribution in [0.5, 0.6) is 0 Å². The van der Waals surface area contributed by atoms with Crippen molar-refractivity contribution in [2.24, 2.45) is 0 Å². The van der Waals surface area contributed by atoms with Gasteiger partial charge in [0.2, 0.25) is 0 Å². The van der Waals surface area contributed by atoms with Crippen LogP contribution in [0.25, 0.3) is 0 Å². The van der Waals surface area contributed by atoms with E-state index in [0.29, 0.717) is 0 Å².